The molecule has 2 unspecified atom stereocenters. The fourth-order valence-electron chi connectivity index (χ4n) is 3.43. The van der Waals surface area contributed by atoms with E-state index >= 15 is 0 Å². The van der Waals surface area contributed by atoms with Crippen molar-refractivity contribution < 1.29 is 24.3 Å². The summed E-state index contributed by atoms with van der Waals surface area (Å²) in [7, 11) is 0. The van der Waals surface area contributed by atoms with Gasteiger partial charge < -0.3 is 14.5 Å². The second-order valence-corrected chi connectivity index (χ2v) is 7.48. The maximum atomic E-state index is 12.9. The molecule has 28 heavy (non-hydrogen) atoms. The zero-order valence-electron chi connectivity index (χ0n) is 16.6. The van der Waals surface area contributed by atoms with Crippen LogP contribution in [0.2, 0.25) is 0 Å². The van der Waals surface area contributed by atoms with Crippen LogP contribution >= 0.6 is 0 Å². The molecule has 0 radical (unpaired) electrons. The van der Waals surface area contributed by atoms with Crippen molar-refractivity contribution in [2.75, 3.05) is 19.8 Å². The highest BCUT2D eigenvalue weighted by molar-refractivity contribution is 5.89. The highest BCUT2D eigenvalue weighted by atomic mass is 17.0. The molecular weight excluding hydrogens is 364 g/mol. The van der Waals surface area contributed by atoms with Crippen LogP contribution < -0.4 is 0 Å². The Balaban J connectivity index is 1.95. The number of rotatable bonds is 9. The molecule has 8 nitrogen and oxygen atoms in total. The summed E-state index contributed by atoms with van der Waals surface area (Å²) in [5.74, 6) is -0.453. The van der Waals surface area contributed by atoms with Crippen LogP contribution in [0.4, 0.5) is 0 Å². The van der Waals surface area contributed by atoms with Gasteiger partial charge in [-0.2, -0.15) is 0 Å². The standard InChI is InChI=1S/C20H28N2O6/c1-14(2)13-16-6-8-17(9-7-16)15(3)19(23)21-10-4-5-18(21)20(24)27-11-12-28-22(25)26/h6-9,14-15,18H,4-5,10-13H2,1-3H3. The number of amides is 1. The fraction of sp³-hybridized carbons (Fsp3) is 0.600. The van der Waals surface area contributed by atoms with E-state index in [1.54, 1.807) is 4.90 Å². The summed E-state index contributed by atoms with van der Waals surface area (Å²) in [5, 5.41) is 9.18. The molecule has 1 aromatic carbocycles. The molecule has 0 bridgehead atoms. The van der Waals surface area contributed by atoms with Crippen LogP contribution in [-0.2, 0) is 25.6 Å². The van der Waals surface area contributed by atoms with Crippen molar-refractivity contribution in [2.24, 2.45) is 5.92 Å². The normalized spacial score (nSPS) is 17.4. The Labute approximate surface area is 164 Å². The van der Waals surface area contributed by atoms with Gasteiger partial charge in [0.1, 0.15) is 19.3 Å². The molecule has 8 heteroatoms. The Morgan fingerprint density at radius 1 is 1.21 bits per heavy atom. The maximum absolute atomic E-state index is 12.9. The van der Waals surface area contributed by atoms with E-state index in [1.807, 2.05) is 31.2 Å². The molecule has 0 N–H and O–H groups in total. The number of carbonyl (C=O) groups excluding carboxylic acids is 2. The molecule has 1 aliphatic heterocycles. The van der Waals surface area contributed by atoms with Crippen LogP contribution in [-0.4, -0.2) is 47.7 Å². The maximum Gasteiger partial charge on any atom is 0.328 e. The van der Waals surface area contributed by atoms with E-state index in [1.165, 1.54) is 5.56 Å². The summed E-state index contributed by atoms with van der Waals surface area (Å²) in [6, 6.07) is 7.39. The van der Waals surface area contributed by atoms with Gasteiger partial charge in [-0.3, -0.25) is 4.79 Å². The van der Waals surface area contributed by atoms with E-state index in [9.17, 15) is 19.7 Å². The lowest BCUT2D eigenvalue weighted by Crippen LogP contribution is -2.43. The molecular formula is C20H28N2O6. The lowest BCUT2D eigenvalue weighted by molar-refractivity contribution is -0.757. The summed E-state index contributed by atoms with van der Waals surface area (Å²) in [6.07, 6.45) is 2.24. The summed E-state index contributed by atoms with van der Waals surface area (Å²) < 4.78 is 5.03. The average Bonchev–Trinajstić information content (AvgIpc) is 3.13. The van der Waals surface area contributed by atoms with E-state index in [4.69, 9.17) is 4.74 Å². The Bertz CT molecular complexity index is 688. The number of nitrogens with zero attached hydrogens (tertiary/aromatic N) is 2. The number of carbonyl (C=O) groups is 2. The van der Waals surface area contributed by atoms with Crippen molar-refractivity contribution in [1.82, 2.24) is 4.90 Å². The average molecular weight is 392 g/mol. The first-order valence-corrected chi connectivity index (χ1v) is 9.62. The monoisotopic (exact) mass is 392 g/mol. The van der Waals surface area contributed by atoms with Crippen molar-refractivity contribution >= 4 is 11.9 Å². The third kappa shape index (κ3) is 5.94. The molecule has 1 heterocycles. The van der Waals surface area contributed by atoms with Gasteiger partial charge in [-0.15, -0.1) is 10.1 Å². The van der Waals surface area contributed by atoms with Crippen LogP contribution in [0.1, 0.15) is 50.7 Å². The predicted octanol–water partition coefficient (Wildman–Crippen LogP) is 2.73. The Kier molecular flexibility index (Phi) is 7.78. The van der Waals surface area contributed by atoms with Gasteiger partial charge in [0.15, 0.2) is 0 Å². The van der Waals surface area contributed by atoms with Crippen LogP contribution in [0.5, 0.6) is 0 Å². The molecule has 2 atom stereocenters. The van der Waals surface area contributed by atoms with Crippen molar-refractivity contribution in [1.29, 1.82) is 0 Å². The number of hydrogen-bond acceptors (Lipinski definition) is 6. The molecule has 0 spiro atoms. The minimum absolute atomic E-state index is 0.113. The lowest BCUT2D eigenvalue weighted by atomic mass is 9.95. The SMILES string of the molecule is CC(C)Cc1ccc(C(C)C(=O)N2CCCC2C(=O)OCCO[N+](=O)[O-])cc1. The number of likely N-dealkylation sites (tertiary alicyclic amines) is 1. The molecule has 2 rings (SSSR count). The quantitative estimate of drug-likeness (QED) is 0.277. The van der Waals surface area contributed by atoms with Gasteiger partial charge in [0, 0.05) is 6.54 Å². The predicted molar refractivity (Wildman–Crippen MR) is 102 cm³/mol. The van der Waals surface area contributed by atoms with Gasteiger partial charge in [-0.1, -0.05) is 38.1 Å². The first-order valence-electron chi connectivity index (χ1n) is 9.62. The minimum Gasteiger partial charge on any atom is -0.462 e. The van der Waals surface area contributed by atoms with Gasteiger partial charge >= 0.3 is 5.97 Å². The molecule has 1 amide bonds. The van der Waals surface area contributed by atoms with Crippen molar-refractivity contribution in [2.45, 2.75) is 52.0 Å². The second-order valence-electron chi connectivity index (χ2n) is 7.48. The van der Waals surface area contributed by atoms with E-state index in [0.717, 1.165) is 18.4 Å². The number of ether oxygens (including phenoxy) is 1. The minimum atomic E-state index is -0.937. The van der Waals surface area contributed by atoms with Gasteiger partial charge in [0.2, 0.25) is 5.91 Å². The van der Waals surface area contributed by atoms with E-state index in [2.05, 4.69) is 18.7 Å². The van der Waals surface area contributed by atoms with Crippen LogP contribution in [0, 0.1) is 16.0 Å². The summed E-state index contributed by atoms with van der Waals surface area (Å²) >= 11 is 0. The summed E-state index contributed by atoms with van der Waals surface area (Å²) in [6.45, 7) is 6.13. The third-order valence-electron chi connectivity index (χ3n) is 4.83. The van der Waals surface area contributed by atoms with Gasteiger partial charge in [-0.25, -0.2) is 4.79 Å². The van der Waals surface area contributed by atoms with Gasteiger partial charge in [0.05, 0.1) is 5.92 Å². The third-order valence-corrected chi connectivity index (χ3v) is 4.83. The van der Waals surface area contributed by atoms with Gasteiger partial charge in [-0.05, 0) is 43.2 Å². The zero-order valence-corrected chi connectivity index (χ0v) is 16.6. The number of hydrogen-bond donors (Lipinski definition) is 0. The van der Waals surface area contributed by atoms with Crippen molar-refractivity contribution in [3.63, 3.8) is 0 Å². The molecule has 1 saturated heterocycles. The van der Waals surface area contributed by atoms with Gasteiger partial charge in [0.25, 0.3) is 5.09 Å². The molecule has 154 valence electrons. The lowest BCUT2D eigenvalue weighted by Gasteiger charge is -2.26. The summed E-state index contributed by atoms with van der Waals surface area (Å²) in [4.78, 5) is 41.0. The van der Waals surface area contributed by atoms with Crippen molar-refractivity contribution in [3.05, 3.63) is 45.5 Å². The first-order chi connectivity index (χ1) is 13.3. The Hall–Kier alpha value is -2.64. The van der Waals surface area contributed by atoms with E-state index in [0.29, 0.717) is 18.9 Å². The highest BCUT2D eigenvalue weighted by Gasteiger charge is 2.37. The molecule has 1 fully saturated rings. The topological polar surface area (TPSA) is 99.0 Å². The molecule has 0 aromatic heterocycles. The Morgan fingerprint density at radius 3 is 2.50 bits per heavy atom. The zero-order chi connectivity index (χ0) is 20.7. The number of esters is 1. The van der Waals surface area contributed by atoms with Crippen LogP contribution in [0.3, 0.4) is 0 Å². The molecule has 1 aromatic rings. The summed E-state index contributed by atoms with van der Waals surface area (Å²) in [5.41, 5.74) is 2.15. The second kappa shape index (κ2) is 10.1. The number of benzene rings is 1. The van der Waals surface area contributed by atoms with E-state index < -0.39 is 17.1 Å². The Morgan fingerprint density at radius 2 is 1.89 bits per heavy atom. The largest absolute Gasteiger partial charge is 0.462 e. The fourth-order valence-corrected chi connectivity index (χ4v) is 3.43. The first kappa shape index (κ1) is 21.7. The molecule has 1 aliphatic rings. The smallest absolute Gasteiger partial charge is 0.328 e. The molecule has 0 aliphatic carbocycles. The van der Waals surface area contributed by atoms with Crippen LogP contribution in [0.25, 0.3) is 0 Å². The van der Waals surface area contributed by atoms with Crippen LogP contribution in [0.15, 0.2) is 24.3 Å². The molecule has 0 saturated carbocycles. The highest BCUT2D eigenvalue weighted by Crippen LogP contribution is 2.26. The van der Waals surface area contributed by atoms with E-state index in [-0.39, 0.29) is 25.0 Å². The van der Waals surface area contributed by atoms with Crippen molar-refractivity contribution in [3.8, 4) is 0 Å².